The molecule has 13 heteroatoms. The molecule has 0 bridgehead atoms. The molecule has 0 spiro atoms. The fourth-order valence-corrected chi connectivity index (χ4v) is 6.31. The molecule has 4 heterocycles. The zero-order valence-corrected chi connectivity index (χ0v) is 27.8. The van der Waals surface area contributed by atoms with Gasteiger partial charge in [0.05, 0.1) is 18.0 Å². The van der Waals surface area contributed by atoms with Crippen LogP contribution >= 0.6 is 0 Å². The predicted molar refractivity (Wildman–Crippen MR) is 190 cm³/mol. The average Bonchev–Trinajstić information content (AvgIpc) is 3.93. The summed E-state index contributed by atoms with van der Waals surface area (Å²) in [6, 6.07) is 23.9. The molecule has 0 saturated carbocycles. The van der Waals surface area contributed by atoms with E-state index in [2.05, 4.69) is 66.9 Å². The minimum atomic E-state index is -1.03. The zero-order chi connectivity index (χ0) is 34.3. The van der Waals surface area contributed by atoms with Crippen LogP contribution in [0.4, 0.5) is 17.1 Å². The molecular weight excluding hydrogens is 634 g/mol. The first-order valence-electron chi connectivity index (χ1n) is 16.7. The topological polar surface area (TPSA) is 117 Å². The van der Waals surface area contributed by atoms with Gasteiger partial charge in [0.2, 0.25) is 5.79 Å². The van der Waals surface area contributed by atoms with Crippen LogP contribution < -0.4 is 20.2 Å². The smallest absolute Gasteiger partial charge is 0.350 e. The van der Waals surface area contributed by atoms with Gasteiger partial charge in [0.1, 0.15) is 44.0 Å². The second-order valence-corrected chi connectivity index (χ2v) is 12.2. The van der Waals surface area contributed by atoms with Crippen molar-refractivity contribution in [3.05, 3.63) is 108 Å². The first-order chi connectivity index (χ1) is 24.5. The van der Waals surface area contributed by atoms with Crippen LogP contribution in [0.3, 0.4) is 0 Å². The van der Waals surface area contributed by atoms with Gasteiger partial charge in [0.15, 0.2) is 0 Å². The van der Waals surface area contributed by atoms with Crippen LogP contribution in [0.15, 0.2) is 102 Å². The van der Waals surface area contributed by atoms with Crippen LogP contribution in [0.1, 0.15) is 18.4 Å². The summed E-state index contributed by atoms with van der Waals surface area (Å²) in [5.74, 6) is 2.34. The van der Waals surface area contributed by atoms with E-state index in [9.17, 15) is 4.79 Å². The maximum absolute atomic E-state index is 12.7. The van der Waals surface area contributed by atoms with Crippen LogP contribution in [-0.4, -0.2) is 81.3 Å². The van der Waals surface area contributed by atoms with E-state index in [0.29, 0.717) is 32.7 Å². The number of terminal acetylenes is 1. The summed E-state index contributed by atoms with van der Waals surface area (Å²) in [7, 11) is 0. The van der Waals surface area contributed by atoms with E-state index in [1.165, 1.54) is 11.0 Å². The van der Waals surface area contributed by atoms with E-state index in [0.717, 1.165) is 66.7 Å². The van der Waals surface area contributed by atoms with Crippen molar-refractivity contribution in [2.45, 2.75) is 37.8 Å². The van der Waals surface area contributed by atoms with Crippen molar-refractivity contribution in [1.82, 2.24) is 29.1 Å². The molecule has 0 N–H and O–H groups in total. The molecule has 2 saturated heterocycles. The van der Waals surface area contributed by atoms with Crippen molar-refractivity contribution in [3.63, 3.8) is 0 Å². The van der Waals surface area contributed by atoms with Gasteiger partial charge >= 0.3 is 5.69 Å². The Morgan fingerprint density at radius 3 is 2.24 bits per heavy atom. The van der Waals surface area contributed by atoms with E-state index in [1.54, 1.807) is 21.9 Å². The number of aryl methyl sites for hydroxylation is 1. The van der Waals surface area contributed by atoms with Gasteiger partial charge < -0.3 is 24.0 Å². The van der Waals surface area contributed by atoms with Crippen molar-refractivity contribution in [1.29, 1.82) is 0 Å². The fourth-order valence-electron chi connectivity index (χ4n) is 6.31. The number of aliphatic imine (C=N–C) groups is 1. The lowest BCUT2D eigenvalue weighted by Crippen LogP contribution is -2.46. The number of unbranched alkanes of at least 4 members (excludes halogenated alkanes) is 1. The quantitative estimate of drug-likeness (QED) is 0.104. The predicted octanol–water partition coefficient (Wildman–Crippen LogP) is 4.05. The third kappa shape index (κ3) is 7.17. The fraction of sp³-hybridized carbons (Fsp3) is 0.324. The second-order valence-electron chi connectivity index (χ2n) is 12.2. The number of ether oxygens (including phenoxy) is 3. The Hall–Kier alpha value is -5.71. The third-order valence-corrected chi connectivity index (χ3v) is 9.02. The molecule has 0 unspecified atom stereocenters. The van der Waals surface area contributed by atoms with Crippen LogP contribution in [0, 0.1) is 12.3 Å². The Bertz CT molecular complexity index is 1960. The number of hydrogen-bond donors (Lipinski definition) is 0. The van der Waals surface area contributed by atoms with Crippen LogP contribution in [-0.2, 0) is 28.4 Å². The monoisotopic (exact) mass is 673 g/mol. The highest BCUT2D eigenvalue weighted by atomic mass is 16.8. The largest absolute Gasteiger partial charge is 0.491 e. The number of aromatic nitrogens is 6. The van der Waals surface area contributed by atoms with Gasteiger partial charge in [-0.3, -0.25) is 4.99 Å². The normalized spacial score (nSPS) is 19.0. The van der Waals surface area contributed by atoms with Gasteiger partial charge in [0, 0.05) is 56.1 Å². The van der Waals surface area contributed by atoms with Crippen molar-refractivity contribution in [2.24, 2.45) is 4.99 Å². The van der Waals surface area contributed by atoms with Crippen LogP contribution in [0.2, 0.25) is 0 Å². The number of hydrogen-bond acceptors (Lipinski definition) is 10. The molecule has 5 aromatic rings. The maximum atomic E-state index is 12.7. The van der Waals surface area contributed by atoms with E-state index in [-0.39, 0.29) is 11.8 Å². The summed E-state index contributed by atoms with van der Waals surface area (Å²) in [5, 5.41) is 8.49. The number of piperazine rings is 1. The summed E-state index contributed by atoms with van der Waals surface area (Å²) >= 11 is 0. The molecule has 2 fully saturated rings. The Balaban J connectivity index is 0.908. The van der Waals surface area contributed by atoms with Gasteiger partial charge in [-0.1, -0.05) is 12.1 Å². The van der Waals surface area contributed by atoms with Crippen molar-refractivity contribution < 1.29 is 14.2 Å². The molecule has 0 aliphatic carbocycles. The molecule has 3 aromatic carbocycles. The highest BCUT2D eigenvalue weighted by Crippen LogP contribution is 2.37. The number of nitrogens with zero attached hydrogens (tertiary/aromatic N) is 9. The van der Waals surface area contributed by atoms with Gasteiger partial charge in [-0.2, -0.15) is 10.2 Å². The Labute approximate surface area is 290 Å². The van der Waals surface area contributed by atoms with E-state index in [4.69, 9.17) is 20.6 Å². The second kappa shape index (κ2) is 14.8. The van der Waals surface area contributed by atoms with E-state index < -0.39 is 5.79 Å². The van der Waals surface area contributed by atoms with Gasteiger partial charge in [-0.15, -0.1) is 12.3 Å². The lowest BCUT2D eigenvalue weighted by Gasteiger charge is -2.37. The highest BCUT2D eigenvalue weighted by molar-refractivity contribution is 5.55. The molecule has 50 heavy (non-hydrogen) atoms. The van der Waals surface area contributed by atoms with Gasteiger partial charge in [0.25, 0.3) is 0 Å². The molecular formula is C37H39N9O4. The summed E-state index contributed by atoms with van der Waals surface area (Å²) in [6.07, 6.45) is 11.1. The Morgan fingerprint density at radius 1 is 0.920 bits per heavy atom. The van der Waals surface area contributed by atoms with Crippen molar-refractivity contribution in [3.8, 4) is 23.8 Å². The molecule has 2 aromatic heterocycles. The summed E-state index contributed by atoms with van der Waals surface area (Å²) < 4.78 is 23.7. The van der Waals surface area contributed by atoms with Gasteiger partial charge in [-0.05, 0) is 73.8 Å². The standard InChI is InChI=1S/C37H39N9O4/c1-3-4-5-18-46-36(47)45(28-41-46)33-12-10-31(11-13-33)42-19-21-43(22-20-42)32-14-16-34(17-15-32)48-23-35-24-49-37(50-35,25-44-27-39-26-40-44)29-6-8-30(38-2)9-7-29/h1,6-17,26-28,35H,2,4-5,18-25H2/t35-,37-/m1/s1. The van der Waals surface area contributed by atoms with E-state index in [1.807, 2.05) is 48.5 Å². The SMILES string of the molecule is C#CCCCn1ncn(-c2ccc(N3CCN(c4ccc(OC[C@@H]5CO[C@@](Cn6cncn6)(c6ccc(N=C)cc6)O5)cc4)CC3)cc2)c1=O. The molecule has 13 nitrogen and oxygen atoms in total. The summed E-state index contributed by atoms with van der Waals surface area (Å²) in [5.41, 5.74) is 4.53. The molecule has 2 atom stereocenters. The Morgan fingerprint density at radius 2 is 1.60 bits per heavy atom. The maximum Gasteiger partial charge on any atom is 0.350 e. The first-order valence-corrected chi connectivity index (χ1v) is 16.7. The third-order valence-electron chi connectivity index (χ3n) is 9.02. The highest BCUT2D eigenvalue weighted by Gasteiger charge is 2.44. The average molecular weight is 674 g/mol. The summed E-state index contributed by atoms with van der Waals surface area (Å²) in [6.45, 7) is 8.70. The van der Waals surface area contributed by atoms with E-state index >= 15 is 0 Å². The summed E-state index contributed by atoms with van der Waals surface area (Å²) in [4.78, 5) is 25.5. The molecule has 2 aliphatic rings. The van der Waals surface area contributed by atoms with Crippen LogP contribution in [0.5, 0.6) is 5.75 Å². The molecule has 2 aliphatic heterocycles. The van der Waals surface area contributed by atoms with Crippen molar-refractivity contribution >= 4 is 23.8 Å². The zero-order valence-electron chi connectivity index (χ0n) is 27.8. The minimum absolute atomic E-state index is 0.161. The molecule has 256 valence electrons. The number of rotatable bonds is 13. The molecule has 7 rings (SSSR count). The lowest BCUT2D eigenvalue weighted by molar-refractivity contribution is -0.190. The van der Waals surface area contributed by atoms with Gasteiger partial charge in [-0.25, -0.2) is 23.7 Å². The molecule has 0 radical (unpaired) electrons. The van der Waals surface area contributed by atoms with Crippen LogP contribution in [0.25, 0.3) is 5.69 Å². The number of anilines is 2. The van der Waals surface area contributed by atoms with Crippen molar-refractivity contribution in [2.75, 3.05) is 49.2 Å². The number of benzene rings is 3. The lowest BCUT2D eigenvalue weighted by atomic mass is 10.1. The molecule has 0 amide bonds. The Kier molecular flexibility index (Phi) is 9.72. The first kappa shape index (κ1) is 32.8. The minimum Gasteiger partial charge on any atom is -0.491 e.